The first-order valence-corrected chi connectivity index (χ1v) is 8.14. The number of hydrogen-bond acceptors (Lipinski definition) is 3. The molecular weight excluding hydrogens is 321 g/mol. The van der Waals surface area contributed by atoms with Gasteiger partial charge in [0, 0.05) is 6.42 Å². The Bertz CT molecular complexity index is 606. The van der Waals surface area contributed by atoms with Gasteiger partial charge >= 0.3 is 0 Å². The zero-order chi connectivity index (χ0) is 15.3. The van der Waals surface area contributed by atoms with E-state index < -0.39 is 25.3 Å². The summed E-state index contributed by atoms with van der Waals surface area (Å²) in [5, 5.41) is 1.79. The number of carbonyl (C=O) groups is 1. The van der Waals surface area contributed by atoms with Crippen molar-refractivity contribution in [2.45, 2.75) is 25.2 Å². The molecule has 0 unspecified atom stereocenters. The predicted molar refractivity (Wildman–Crippen MR) is 80.0 cm³/mol. The van der Waals surface area contributed by atoms with E-state index in [1.807, 2.05) is 13.8 Å². The van der Waals surface area contributed by atoms with Crippen LogP contribution < -0.4 is 5.32 Å². The van der Waals surface area contributed by atoms with Gasteiger partial charge in [-0.05, 0) is 18.1 Å². The Labute approximate surface area is 128 Å². The van der Waals surface area contributed by atoms with Gasteiger partial charge in [-0.3, -0.25) is 4.79 Å². The largest absolute Gasteiger partial charge is 0.314 e. The van der Waals surface area contributed by atoms with E-state index in [1.165, 1.54) is 12.1 Å². The molecule has 0 aromatic heterocycles. The number of amides is 1. The van der Waals surface area contributed by atoms with E-state index in [1.54, 1.807) is 18.2 Å². The highest BCUT2D eigenvalue weighted by Gasteiger charge is 2.25. The number of sulfone groups is 1. The molecule has 0 heterocycles. The third-order valence-corrected chi connectivity index (χ3v) is 4.68. The second-order valence-corrected chi connectivity index (χ2v) is 7.39. The maximum absolute atomic E-state index is 12.4. The normalized spacial score (nSPS) is 11.2. The molecule has 0 saturated heterocycles. The molecule has 0 bridgehead atoms. The van der Waals surface area contributed by atoms with Crippen molar-refractivity contribution in [2.75, 3.05) is 0 Å². The summed E-state index contributed by atoms with van der Waals surface area (Å²) < 4.78 is 24.2. The fraction of sp³-hybridized carbons (Fsp3) is 0.308. The van der Waals surface area contributed by atoms with Crippen molar-refractivity contribution in [3.05, 3.63) is 39.9 Å². The Morgan fingerprint density at radius 1 is 1.20 bits per heavy atom. The predicted octanol–water partition coefficient (Wildman–Crippen LogP) is 3.23. The van der Waals surface area contributed by atoms with Gasteiger partial charge in [-0.1, -0.05) is 55.2 Å². The summed E-state index contributed by atoms with van der Waals surface area (Å²) in [5.74, 6) is -0.363. The van der Waals surface area contributed by atoms with Crippen molar-refractivity contribution in [3.8, 4) is 0 Å². The van der Waals surface area contributed by atoms with Crippen LogP contribution in [0.4, 0.5) is 0 Å². The highest BCUT2D eigenvalue weighted by molar-refractivity contribution is 7.95. The lowest BCUT2D eigenvalue weighted by Gasteiger charge is -2.12. The number of carbonyl (C=O) groups excluding carboxylic acids is 1. The third kappa shape index (κ3) is 4.51. The van der Waals surface area contributed by atoms with Crippen molar-refractivity contribution >= 4 is 38.9 Å². The van der Waals surface area contributed by atoms with Crippen molar-refractivity contribution in [1.29, 1.82) is 0 Å². The van der Waals surface area contributed by atoms with Crippen molar-refractivity contribution in [3.63, 3.8) is 0 Å². The Morgan fingerprint density at radius 3 is 2.20 bits per heavy atom. The summed E-state index contributed by atoms with van der Waals surface area (Å²) in [7, 11) is -3.95. The standard InChI is InChI=1S/C13H15Cl2NO3S/c1-9(2)8-11(17)16-13(12(14)15)20(18,19)10-6-4-3-5-7-10/h3-7,9H,8H2,1-2H3,(H,16,17). The molecule has 0 aliphatic rings. The van der Waals surface area contributed by atoms with E-state index >= 15 is 0 Å². The van der Waals surface area contributed by atoms with Gasteiger partial charge in [0.1, 0.15) is 4.49 Å². The lowest BCUT2D eigenvalue weighted by molar-refractivity contribution is -0.120. The van der Waals surface area contributed by atoms with E-state index in [2.05, 4.69) is 5.32 Å². The molecule has 0 aliphatic heterocycles. The van der Waals surface area contributed by atoms with Crippen LogP contribution in [0.1, 0.15) is 20.3 Å². The van der Waals surface area contributed by atoms with Gasteiger partial charge in [0.25, 0.3) is 0 Å². The first-order chi connectivity index (χ1) is 9.25. The first-order valence-electron chi connectivity index (χ1n) is 5.90. The maximum atomic E-state index is 12.4. The Morgan fingerprint density at radius 2 is 1.75 bits per heavy atom. The Hall–Kier alpha value is -1.04. The van der Waals surface area contributed by atoms with E-state index in [0.717, 1.165) is 0 Å². The highest BCUT2D eigenvalue weighted by atomic mass is 35.5. The molecule has 1 N–H and O–H groups in total. The van der Waals surface area contributed by atoms with Crippen LogP contribution in [0.3, 0.4) is 0 Å². The van der Waals surface area contributed by atoms with Crippen LogP contribution in [0.5, 0.6) is 0 Å². The van der Waals surface area contributed by atoms with Crippen LogP contribution in [0.15, 0.2) is 44.7 Å². The quantitative estimate of drug-likeness (QED) is 0.898. The van der Waals surface area contributed by atoms with Crippen molar-refractivity contribution in [2.24, 2.45) is 5.92 Å². The summed E-state index contributed by atoms with van der Waals surface area (Å²) in [4.78, 5) is 11.7. The van der Waals surface area contributed by atoms with Gasteiger partial charge in [-0.25, -0.2) is 8.42 Å². The zero-order valence-corrected chi connectivity index (χ0v) is 13.4. The molecule has 7 heteroatoms. The molecule has 0 aliphatic carbocycles. The van der Waals surface area contributed by atoms with Crippen LogP contribution in [0.2, 0.25) is 0 Å². The minimum absolute atomic E-state index is 0.0126. The van der Waals surface area contributed by atoms with Crippen LogP contribution in [0, 0.1) is 5.92 Å². The fourth-order valence-electron chi connectivity index (χ4n) is 1.48. The van der Waals surface area contributed by atoms with E-state index in [4.69, 9.17) is 23.2 Å². The average molecular weight is 336 g/mol. The number of hydrogen-bond donors (Lipinski definition) is 1. The molecule has 1 rings (SSSR count). The molecule has 110 valence electrons. The zero-order valence-electron chi connectivity index (χ0n) is 11.1. The monoisotopic (exact) mass is 335 g/mol. The molecule has 0 spiro atoms. The van der Waals surface area contributed by atoms with E-state index in [9.17, 15) is 13.2 Å². The molecule has 0 fully saturated rings. The van der Waals surface area contributed by atoms with Crippen molar-refractivity contribution < 1.29 is 13.2 Å². The molecule has 0 radical (unpaired) electrons. The van der Waals surface area contributed by atoms with Gasteiger partial charge in [-0.2, -0.15) is 0 Å². The van der Waals surface area contributed by atoms with Crippen LogP contribution in [-0.2, 0) is 14.6 Å². The molecule has 1 aromatic carbocycles. The molecule has 20 heavy (non-hydrogen) atoms. The second-order valence-electron chi connectivity index (χ2n) is 4.55. The van der Waals surface area contributed by atoms with Gasteiger partial charge < -0.3 is 5.32 Å². The molecular formula is C13H15Cl2NO3S. The molecule has 0 saturated carbocycles. The summed E-state index contributed by atoms with van der Waals surface area (Å²) >= 11 is 11.2. The average Bonchev–Trinajstić information content (AvgIpc) is 2.35. The van der Waals surface area contributed by atoms with Crippen LogP contribution >= 0.6 is 23.2 Å². The van der Waals surface area contributed by atoms with Gasteiger partial charge in [-0.15, -0.1) is 0 Å². The minimum Gasteiger partial charge on any atom is -0.314 e. The summed E-state index contributed by atoms with van der Waals surface area (Å²) in [5.41, 5.74) is 0. The SMILES string of the molecule is CC(C)CC(=O)NC(=C(Cl)Cl)S(=O)(=O)c1ccccc1. The Balaban J connectivity index is 3.11. The lowest BCUT2D eigenvalue weighted by Crippen LogP contribution is -2.28. The van der Waals surface area contributed by atoms with Crippen LogP contribution in [-0.4, -0.2) is 14.3 Å². The molecule has 0 atom stereocenters. The molecule has 4 nitrogen and oxygen atoms in total. The smallest absolute Gasteiger partial charge is 0.225 e. The van der Waals surface area contributed by atoms with Gasteiger partial charge in [0.15, 0.2) is 5.03 Å². The maximum Gasteiger partial charge on any atom is 0.225 e. The highest BCUT2D eigenvalue weighted by Crippen LogP contribution is 2.24. The second kappa shape index (κ2) is 7.11. The number of benzene rings is 1. The van der Waals surface area contributed by atoms with Gasteiger partial charge in [0.2, 0.25) is 15.7 Å². The number of nitrogens with one attached hydrogen (secondary N) is 1. The fourth-order valence-corrected chi connectivity index (χ4v) is 3.39. The minimum atomic E-state index is -3.95. The van der Waals surface area contributed by atoms with Gasteiger partial charge in [0.05, 0.1) is 4.90 Å². The Kier molecular flexibility index (Phi) is 6.05. The number of halogens is 2. The summed E-state index contributed by atoms with van der Waals surface area (Å²) in [6, 6.07) is 7.63. The first kappa shape index (κ1) is 17.0. The lowest BCUT2D eigenvalue weighted by atomic mass is 10.1. The van der Waals surface area contributed by atoms with E-state index in [-0.39, 0.29) is 17.2 Å². The number of rotatable bonds is 5. The summed E-state index contributed by atoms with van der Waals surface area (Å²) in [6.45, 7) is 3.69. The summed E-state index contributed by atoms with van der Waals surface area (Å²) in [6.07, 6.45) is 0.175. The molecule has 1 amide bonds. The van der Waals surface area contributed by atoms with E-state index in [0.29, 0.717) is 0 Å². The molecule has 1 aromatic rings. The van der Waals surface area contributed by atoms with Crippen LogP contribution in [0.25, 0.3) is 0 Å². The van der Waals surface area contributed by atoms with Crippen molar-refractivity contribution in [1.82, 2.24) is 5.32 Å². The topological polar surface area (TPSA) is 63.2 Å². The third-order valence-electron chi connectivity index (χ3n) is 2.34.